The molecule has 0 bridgehead atoms. The van der Waals surface area contributed by atoms with Crippen molar-refractivity contribution in [2.75, 3.05) is 115 Å². The van der Waals surface area contributed by atoms with Crippen LogP contribution < -0.4 is 15.1 Å². The first-order valence-corrected chi connectivity index (χ1v) is 23.9. The van der Waals surface area contributed by atoms with E-state index in [4.69, 9.17) is 14.3 Å². The molecule has 9 rings (SSSR count). The number of amides is 7. The van der Waals surface area contributed by atoms with E-state index in [0.29, 0.717) is 76.3 Å². The fourth-order valence-electron chi connectivity index (χ4n) is 8.72. The van der Waals surface area contributed by atoms with E-state index < -0.39 is 71.2 Å². The number of benzene rings is 2. The molecule has 7 heterocycles. The van der Waals surface area contributed by atoms with E-state index in [1.54, 1.807) is 6.07 Å². The van der Waals surface area contributed by atoms with Crippen molar-refractivity contribution in [2.24, 2.45) is 0 Å². The number of nitrogens with one attached hydrogen (secondary N) is 1. The van der Waals surface area contributed by atoms with Crippen LogP contribution >= 0.6 is 0 Å². The lowest BCUT2D eigenvalue weighted by Crippen LogP contribution is -2.50. The first kappa shape index (κ1) is 55.1. The standard InChI is InChI=1S/C21H25F3N4O5.C16H22F3N3O.C9H8N2O7/c22-21(23,24)16-1-2-17(26-9-11-32-12-10-26)15(13-16)14-25-5-7-27(8-6-25)20(31)33-28-18(29)3-4-19(28)30;17-16(18,19)14-1-2-15(22-7-9-23-10-8-22)13(11-14)12-21-5-3-20-4-6-21;12-5-1-2-6(13)10(5)17-9(16)18-11-7(14)3-4-8(11)15/h1-2,13H,3-12,14H2;1-2,11,20H,3-10,12H2;1-4H2. The van der Waals surface area contributed by atoms with E-state index in [1.165, 1.54) is 29.2 Å². The highest BCUT2D eigenvalue weighted by Crippen LogP contribution is 2.35. The van der Waals surface area contributed by atoms with Gasteiger partial charge in [-0.3, -0.25) is 48.2 Å². The average Bonchev–Trinajstić information content (AvgIpc) is 4.00. The molecule has 7 aliphatic rings. The minimum Gasteiger partial charge on any atom is -0.378 e. The van der Waals surface area contributed by atoms with Crippen molar-refractivity contribution in [2.45, 2.75) is 64.0 Å². The summed E-state index contributed by atoms with van der Waals surface area (Å²) in [6, 6.07) is 7.92. The number of alkyl halides is 6. The van der Waals surface area contributed by atoms with Crippen molar-refractivity contribution >= 4 is 59.1 Å². The second-order valence-corrected chi connectivity index (χ2v) is 17.7. The Bertz CT molecular complexity index is 2320. The van der Waals surface area contributed by atoms with Gasteiger partial charge in [0, 0.05) is 142 Å². The molecule has 0 aromatic heterocycles. The first-order chi connectivity index (χ1) is 35.2. The van der Waals surface area contributed by atoms with Gasteiger partial charge in [0.1, 0.15) is 0 Å². The lowest BCUT2D eigenvalue weighted by Gasteiger charge is -2.36. The van der Waals surface area contributed by atoms with Gasteiger partial charge < -0.3 is 34.3 Å². The van der Waals surface area contributed by atoms with Crippen LogP contribution in [0.15, 0.2) is 36.4 Å². The third-order valence-electron chi connectivity index (χ3n) is 12.7. The Balaban J connectivity index is 0.000000171. The zero-order valence-electron chi connectivity index (χ0n) is 40.1. The zero-order valence-corrected chi connectivity index (χ0v) is 40.1. The molecule has 0 unspecified atom stereocenters. The second kappa shape index (κ2) is 24.6. The Labute approximate surface area is 419 Å². The van der Waals surface area contributed by atoms with Crippen molar-refractivity contribution in [3.8, 4) is 0 Å². The molecule has 0 saturated carbocycles. The highest BCUT2D eigenvalue weighted by atomic mass is 19.4. The number of rotatable bonds is 9. The summed E-state index contributed by atoms with van der Waals surface area (Å²) in [5.74, 6) is -3.83. The van der Waals surface area contributed by atoms with Gasteiger partial charge >= 0.3 is 24.6 Å². The number of anilines is 2. The van der Waals surface area contributed by atoms with E-state index in [-0.39, 0.29) is 61.7 Å². The van der Waals surface area contributed by atoms with Crippen LogP contribution in [0, 0.1) is 0 Å². The van der Waals surface area contributed by atoms with E-state index in [2.05, 4.69) is 24.8 Å². The Morgan fingerprint density at radius 2 is 0.838 bits per heavy atom. The SMILES string of the molecule is FC(F)(F)c1ccc(N2CCOCC2)c(CN2CCNCC2)c1.O=C(ON1C(=O)CCC1=O)N1CCN(Cc2cc(C(F)(F)F)ccc2N2CCOCC2)CC1.O=C(ON1C(=O)CCC1=O)ON1C(=O)CCC1=O. The number of morpholine rings is 2. The van der Waals surface area contributed by atoms with E-state index in [9.17, 15) is 64.7 Å². The van der Waals surface area contributed by atoms with Crippen LogP contribution in [-0.2, 0) is 78.2 Å². The fraction of sp³-hybridized carbons (Fsp3) is 0.565. The summed E-state index contributed by atoms with van der Waals surface area (Å²) in [7, 11) is 0. The predicted octanol–water partition coefficient (Wildman–Crippen LogP) is 3.08. The van der Waals surface area contributed by atoms with Crippen molar-refractivity contribution in [3.63, 3.8) is 0 Å². The molecule has 2 aromatic carbocycles. The van der Waals surface area contributed by atoms with Crippen molar-refractivity contribution < 1.29 is 88.7 Å². The molecule has 7 amide bonds. The van der Waals surface area contributed by atoms with Gasteiger partial charge in [-0.1, -0.05) is 10.1 Å². The van der Waals surface area contributed by atoms with Gasteiger partial charge in [0.25, 0.3) is 35.4 Å². The van der Waals surface area contributed by atoms with E-state index >= 15 is 0 Å². The maximum Gasteiger partial charge on any atom is 0.560 e. The van der Waals surface area contributed by atoms with E-state index in [0.717, 1.165) is 62.3 Å². The van der Waals surface area contributed by atoms with Crippen LogP contribution in [0.5, 0.6) is 0 Å². The fourth-order valence-corrected chi connectivity index (χ4v) is 8.72. The molecule has 7 aliphatic heterocycles. The Morgan fingerprint density at radius 3 is 1.20 bits per heavy atom. The molecule has 404 valence electrons. The number of halogens is 6. The van der Waals surface area contributed by atoms with Crippen LogP contribution in [0.1, 0.15) is 60.8 Å². The maximum absolute atomic E-state index is 13.3. The summed E-state index contributed by atoms with van der Waals surface area (Å²) in [5.41, 5.74) is 1.70. The summed E-state index contributed by atoms with van der Waals surface area (Å²) in [5, 5.41) is 4.29. The monoisotopic (exact) mass is 1060 g/mol. The number of hydrogen-bond donors (Lipinski definition) is 1. The summed E-state index contributed by atoms with van der Waals surface area (Å²) in [6.45, 7) is 10.6. The van der Waals surface area contributed by atoms with Crippen molar-refractivity contribution in [1.29, 1.82) is 0 Å². The van der Waals surface area contributed by atoms with Gasteiger partial charge in [-0.15, -0.1) is 5.06 Å². The molecule has 1 N–H and O–H groups in total. The average molecular weight is 1060 g/mol. The first-order valence-electron chi connectivity index (χ1n) is 23.9. The van der Waals surface area contributed by atoms with E-state index in [1.807, 2.05) is 9.80 Å². The van der Waals surface area contributed by atoms with Crippen molar-refractivity contribution in [1.82, 2.24) is 35.2 Å². The number of hydrogen-bond acceptors (Lipinski definition) is 18. The van der Waals surface area contributed by atoms with Gasteiger partial charge in [-0.05, 0) is 47.5 Å². The number of carbonyl (C=O) groups excluding carboxylic acids is 8. The molecule has 22 nitrogen and oxygen atoms in total. The smallest absolute Gasteiger partial charge is 0.378 e. The Hall–Kier alpha value is -6.62. The van der Waals surface area contributed by atoms with Crippen LogP contribution in [0.4, 0.5) is 47.3 Å². The molecule has 0 spiro atoms. The summed E-state index contributed by atoms with van der Waals surface area (Å²) < 4.78 is 89.9. The maximum atomic E-state index is 13.3. The largest absolute Gasteiger partial charge is 0.560 e. The third-order valence-corrected chi connectivity index (χ3v) is 12.7. The lowest BCUT2D eigenvalue weighted by molar-refractivity contribution is -0.198. The molecule has 0 radical (unpaired) electrons. The molecule has 0 aliphatic carbocycles. The number of nitrogens with zero attached hydrogens (tertiary/aromatic N) is 8. The lowest BCUT2D eigenvalue weighted by atomic mass is 10.1. The van der Waals surface area contributed by atoms with Crippen molar-refractivity contribution in [3.05, 3.63) is 58.7 Å². The summed E-state index contributed by atoms with van der Waals surface area (Å²) in [4.78, 5) is 115. The highest BCUT2D eigenvalue weighted by molar-refractivity contribution is 6.03. The molecule has 0 atom stereocenters. The summed E-state index contributed by atoms with van der Waals surface area (Å²) >= 11 is 0. The van der Waals surface area contributed by atoms with Gasteiger partial charge in [0.05, 0.1) is 37.6 Å². The molecular formula is C46H55F6N9O13. The minimum atomic E-state index is -4.44. The van der Waals surface area contributed by atoms with Crippen LogP contribution in [0.2, 0.25) is 0 Å². The van der Waals surface area contributed by atoms with Crippen LogP contribution in [0.3, 0.4) is 0 Å². The van der Waals surface area contributed by atoms with Gasteiger partial charge in [0.2, 0.25) is 0 Å². The molecule has 7 saturated heterocycles. The number of piperazine rings is 2. The quantitative estimate of drug-likeness (QED) is 0.282. The number of ether oxygens (including phenoxy) is 2. The molecular weight excluding hydrogens is 1000 g/mol. The Morgan fingerprint density at radius 1 is 0.486 bits per heavy atom. The molecule has 28 heteroatoms. The number of carbonyl (C=O) groups is 8. The van der Waals surface area contributed by atoms with Gasteiger partial charge in [0.15, 0.2) is 0 Å². The second-order valence-electron chi connectivity index (χ2n) is 17.7. The topological polar surface area (TPSA) is 221 Å². The summed E-state index contributed by atoms with van der Waals surface area (Å²) in [6.07, 6.45) is -11.2. The molecule has 2 aromatic rings. The van der Waals surface area contributed by atoms with Gasteiger partial charge in [-0.25, -0.2) is 4.79 Å². The van der Waals surface area contributed by atoms with Gasteiger partial charge in [-0.2, -0.15) is 31.1 Å². The Kier molecular flexibility index (Phi) is 18.3. The molecule has 7 fully saturated rings. The zero-order chi connectivity index (χ0) is 53.2. The van der Waals surface area contributed by atoms with Crippen LogP contribution in [0.25, 0.3) is 0 Å². The molecule has 74 heavy (non-hydrogen) atoms. The predicted molar refractivity (Wildman–Crippen MR) is 241 cm³/mol. The highest BCUT2D eigenvalue weighted by Gasteiger charge is 2.39. The number of imide groups is 3. The van der Waals surface area contributed by atoms with Crippen LogP contribution in [-0.4, -0.2) is 183 Å². The minimum absolute atomic E-state index is 0.0162. The number of hydroxylamine groups is 6. The third kappa shape index (κ3) is 14.6. The normalized spacial score (nSPS) is 20.4.